The minimum atomic E-state index is -3.59. The van der Waals surface area contributed by atoms with Crippen molar-refractivity contribution in [1.82, 2.24) is 14.9 Å². The average molecular weight is 260 g/mol. The van der Waals surface area contributed by atoms with Crippen LogP contribution >= 0.6 is 0 Å². The lowest BCUT2D eigenvalue weighted by atomic mass is 9.92. The van der Waals surface area contributed by atoms with Crippen LogP contribution in [-0.4, -0.2) is 43.9 Å². The quantitative estimate of drug-likeness (QED) is 0.656. The maximum absolute atomic E-state index is 12.0. The molecule has 8 heteroatoms. The molecule has 17 heavy (non-hydrogen) atoms. The molecule has 0 aliphatic carbocycles. The molecule has 0 saturated carbocycles. The van der Waals surface area contributed by atoms with Gasteiger partial charge in [0.15, 0.2) is 5.03 Å². The fourth-order valence-corrected chi connectivity index (χ4v) is 3.22. The number of H-pyrrole nitrogens is 1. The van der Waals surface area contributed by atoms with E-state index in [1.807, 2.05) is 0 Å². The van der Waals surface area contributed by atoms with Crippen molar-refractivity contribution in [3.63, 3.8) is 0 Å². The van der Waals surface area contributed by atoms with Gasteiger partial charge in [0.25, 0.3) is 10.0 Å². The minimum Gasteiger partial charge on any atom is -0.381 e. The van der Waals surface area contributed by atoms with E-state index in [-0.39, 0.29) is 11.6 Å². The van der Waals surface area contributed by atoms with Crippen LogP contribution in [0.15, 0.2) is 17.3 Å². The van der Waals surface area contributed by atoms with E-state index in [2.05, 4.69) is 14.9 Å². The molecular formula is C9H16N4O3S. The average Bonchev–Trinajstić information content (AvgIpc) is 2.84. The monoisotopic (exact) mass is 260 g/mol. The molecule has 0 bridgehead atoms. The predicted molar refractivity (Wildman–Crippen MR) is 60.7 cm³/mol. The summed E-state index contributed by atoms with van der Waals surface area (Å²) in [4.78, 5) is 0. The molecular weight excluding hydrogens is 244 g/mol. The highest BCUT2D eigenvalue weighted by atomic mass is 32.2. The Hall–Kier alpha value is -0.960. The van der Waals surface area contributed by atoms with Crippen molar-refractivity contribution in [3.05, 3.63) is 12.3 Å². The maximum atomic E-state index is 12.0. The van der Waals surface area contributed by atoms with Gasteiger partial charge in [-0.25, -0.2) is 13.1 Å². The molecule has 0 aromatic carbocycles. The molecule has 0 spiro atoms. The van der Waals surface area contributed by atoms with E-state index in [9.17, 15) is 8.42 Å². The predicted octanol–water partition coefficient (Wildman–Crippen LogP) is -0.804. The van der Waals surface area contributed by atoms with Gasteiger partial charge in [-0.2, -0.15) is 5.10 Å². The molecule has 96 valence electrons. The summed E-state index contributed by atoms with van der Waals surface area (Å²) in [5.74, 6) is 0. The lowest BCUT2D eigenvalue weighted by Gasteiger charge is -2.36. The molecule has 1 aromatic heterocycles. The summed E-state index contributed by atoms with van der Waals surface area (Å²) in [5, 5.41) is 6.12. The van der Waals surface area contributed by atoms with Gasteiger partial charge in [-0.1, -0.05) is 0 Å². The van der Waals surface area contributed by atoms with Crippen LogP contribution in [-0.2, 0) is 14.8 Å². The van der Waals surface area contributed by atoms with Gasteiger partial charge < -0.3 is 10.5 Å². The smallest absolute Gasteiger partial charge is 0.258 e. The van der Waals surface area contributed by atoms with Crippen molar-refractivity contribution in [1.29, 1.82) is 0 Å². The summed E-state index contributed by atoms with van der Waals surface area (Å²) in [7, 11) is -3.59. The molecule has 2 heterocycles. The number of sulfonamides is 1. The van der Waals surface area contributed by atoms with Crippen LogP contribution in [0.25, 0.3) is 0 Å². The number of nitrogens with zero attached hydrogens (tertiary/aromatic N) is 1. The van der Waals surface area contributed by atoms with Gasteiger partial charge in [-0.05, 0) is 18.9 Å². The Morgan fingerprint density at radius 1 is 1.53 bits per heavy atom. The molecule has 0 amide bonds. The Balaban J connectivity index is 2.19. The summed E-state index contributed by atoms with van der Waals surface area (Å²) in [6, 6.07) is 1.41. The van der Waals surface area contributed by atoms with E-state index < -0.39 is 15.6 Å². The Kier molecular flexibility index (Phi) is 3.48. The first-order valence-electron chi connectivity index (χ1n) is 5.39. The Morgan fingerprint density at radius 3 is 2.76 bits per heavy atom. The summed E-state index contributed by atoms with van der Waals surface area (Å²) in [5.41, 5.74) is 5.08. The van der Waals surface area contributed by atoms with Crippen LogP contribution in [0, 0.1) is 0 Å². The summed E-state index contributed by atoms with van der Waals surface area (Å²) in [6.45, 7) is 1.29. The highest BCUT2D eigenvalue weighted by Crippen LogP contribution is 2.21. The van der Waals surface area contributed by atoms with Crippen molar-refractivity contribution in [3.8, 4) is 0 Å². The SMILES string of the molecule is NCC1(NS(=O)(=O)c2ccn[nH]2)CCOCC1. The number of hydrogen-bond donors (Lipinski definition) is 3. The van der Waals surface area contributed by atoms with E-state index in [1.165, 1.54) is 12.3 Å². The summed E-state index contributed by atoms with van der Waals surface area (Å²) < 4.78 is 32.0. The zero-order chi connectivity index (χ0) is 12.4. The standard InChI is InChI=1S/C9H16N4O3S/c10-7-9(2-5-16-6-3-9)13-17(14,15)8-1-4-11-12-8/h1,4,13H,2-3,5-7,10H2,(H,11,12). The third-order valence-electron chi connectivity index (χ3n) is 2.96. The van der Waals surface area contributed by atoms with Gasteiger partial charge in [0.2, 0.25) is 0 Å². The number of hydrogen-bond acceptors (Lipinski definition) is 5. The number of nitrogens with one attached hydrogen (secondary N) is 2. The Labute approximate surface area is 99.8 Å². The van der Waals surface area contributed by atoms with Gasteiger partial charge >= 0.3 is 0 Å². The molecule has 0 atom stereocenters. The number of aromatic amines is 1. The van der Waals surface area contributed by atoms with Gasteiger partial charge in [0, 0.05) is 25.3 Å². The molecule has 7 nitrogen and oxygen atoms in total. The molecule has 4 N–H and O–H groups in total. The largest absolute Gasteiger partial charge is 0.381 e. The van der Waals surface area contributed by atoms with Gasteiger partial charge in [0.1, 0.15) is 0 Å². The second kappa shape index (κ2) is 4.73. The molecule has 1 aliphatic heterocycles. The van der Waals surface area contributed by atoms with Gasteiger partial charge in [0.05, 0.1) is 6.20 Å². The van der Waals surface area contributed by atoms with Crippen molar-refractivity contribution in [2.75, 3.05) is 19.8 Å². The van der Waals surface area contributed by atoms with Crippen LogP contribution in [0.1, 0.15) is 12.8 Å². The van der Waals surface area contributed by atoms with Crippen molar-refractivity contribution in [2.45, 2.75) is 23.4 Å². The molecule has 2 rings (SSSR count). The maximum Gasteiger partial charge on any atom is 0.258 e. The lowest BCUT2D eigenvalue weighted by molar-refractivity contribution is 0.0501. The number of ether oxygens (including phenoxy) is 1. The fourth-order valence-electron chi connectivity index (χ4n) is 1.84. The molecule has 1 aromatic rings. The first kappa shape index (κ1) is 12.5. The minimum absolute atomic E-state index is 0.0526. The summed E-state index contributed by atoms with van der Waals surface area (Å²) >= 11 is 0. The highest BCUT2D eigenvalue weighted by Gasteiger charge is 2.36. The van der Waals surface area contributed by atoms with Crippen LogP contribution in [0.4, 0.5) is 0 Å². The first-order chi connectivity index (χ1) is 8.08. The second-order valence-corrected chi connectivity index (χ2v) is 5.77. The number of aromatic nitrogens is 2. The van der Waals surface area contributed by atoms with Crippen molar-refractivity contribution < 1.29 is 13.2 Å². The van der Waals surface area contributed by atoms with Gasteiger partial charge in [-0.3, -0.25) is 5.10 Å². The van der Waals surface area contributed by atoms with Crippen LogP contribution in [0.3, 0.4) is 0 Å². The van der Waals surface area contributed by atoms with Crippen LogP contribution in [0.5, 0.6) is 0 Å². The lowest BCUT2D eigenvalue weighted by Crippen LogP contribution is -2.56. The van der Waals surface area contributed by atoms with E-state index in [1.54, 1.807) is 0 Å². The van der Waals surface area contributed by atoms with E-state index in [0.29, 0.717) is 26.1 Å². The van der Waals surface area contributed by atoms with E-state index in [4.69, 9.17) is 10.5 Å². The van der Waals surface area contributed by atoms with E-state index >= 15 is 0 Å². The number of rotatable bonds is 4. The van der Waals surface area contributed by atoms with Crippen LogP contribution < -0.4 is 10.5 Å². The zero-order valence-corrected chi connectivity index (χ0v) is 10.2. The molecule has 1 aliphatic rings. The normalized spacial score (nSPS) is 20.3. The zero-order valence-electron chi connectivity index (χ0n) is 9.35. The van der Waals surface area contributed by atoms with Crippen molar-refractivity contribution in [2.24, 2.45) is 5.73 Å². The third kappa shape index (κ3) is 2.65. The third-order valence-corrected chi connectivity index (χ3v) is 4.46. The molecule has 1 saturated heterocycles. The molecule has 0 unspecified atom stereocenters. The molecule has 1 fully saturated rings. The van der Waals surface area contributed by atoms with Crippen molar-refractivity contribution >= 4 is 10.0 Å². The topological polar surface area (TPSA) is 110 Å². The second-order valence-electron chi connectivity index (χ2n) is 4.12. The Morgan fingerprint density at radius 2 is 2.24 bits per heavy atom. The number of nitrogens with two attached hydrogens (primary N) is 1. The summed E-state index contributed by atoms with van der Waals surface area (Å²) in [6.07, 6.45) is 2.56. The fraction of sp³-hybridized carbons (Fsp3) is 0.667. The van der Waals surface area contributed by atoms with E-state index in [0.717, 1.165) is 0 Å². The molecule has 0 radical (unpaired) electrons. The highest BCUT2D eigenvalue weighted by molar-refractivity contribution is 7.89. The van der Waals surface area contributed by atoms with Crippen LogP contribution in [0.2, 0.25) is 0 Å². The first-order valence-corrected chi connectivity index (χ1v) is 6.87. The Bertz CT molecular complexity index is 451. The van der Waals surface area contributed by atoms with Gasteiger partial charge in [-0.15, -0.1) is 0 Å².